The zero-order valence-corrected chi connectivity index (χ0v) is 16.1. The van der Waals surface area contributed by atoms with E-state index in [4.69, 9.17) is 14.2 Å². The average molecular weight is 396 g/mol. The molecule has 2 aromatic rings. The van der Waals surface area contributed by atoms with Crippen LogP contribution in [0.3, 0.4) is 0 Å². The fraction of sp³-hybridized carbons (Fsp3) is 0.381. The van der Waals surface area contributed by atoms with Crippen molar-refractivity contribution in [3.05, 3.63) is 53.1 Å². The van der Waals surface area contributed by atoms with Crippen LogP contribution in [-0.2, 0) is 24.0 Å². The monoisotopic (exact) mass is 396 g/mol. The molecule has 0 spiro atoms. The van der Waals surface area contributed by atoms with Gasteiger partial charge in [0.2, 0.25) is 0 Å². The third kappa shape index (κ3) is 5.41. The Morgan fingerprint density at radius 2 is 1.68 bits per heavy atom. The van der Waals surface area contributed by atoms with E-state index in [1.165, 1.54) is 6.07 Å². The van der Waals surface area contributed by atoms with E-state index in [1.54, 1.807) is 45.0 Å². The molecular weight excluding hydrogens is 373 g/mol. The molecule has 0 heterocycles. The standard InChI is InChI=1S/C21H23F3O4/c1-4-14-10-11-19(16(12-14)21(22,23)24)27-13-15-17(26-6-3)8-7-9-18(15)28-20(25)5-2/h7-12H,4-6,13H2,1-3H3. The van der Waals surface area contributed by atoms with Crippen LogP contribution < -0.4 is 14.2 Å². The number of carbonyl (C=O) groups is 1. The summed E-state index contributed by atoms with van der Waals surface area (Å²) in [7, 11) is 0. The largest absolute Gasteiger partial charge is 0.493 e. The van der Waals surface area contributed by atoms with Gasteiger partial charge in [-0.25, -0.2) is 0 Å². The Morgan fingerprint density at radius 3 is 2.29 bits per heavy atom. The summed E-state index contributed by atoms with van der Waals surface area (Å²) in [6, 6.07) is 8.83. The molecule has 0 aliphatic heterocycles. The molecule has 0 N–H and O–H groups in total. The maximum atomic E-state index is 13.4. The van der Waals surface area contributed by atoms with Gasteiger partial charge in [0.25, 0.3) is 0 Å². The van der Waals surface area contributed by atoms with Gasteiger partial charge in [0.15, 0.2) is 0 Å². The molecule has 0 saturated heterocycles. The third-order valence-electron chi connectivity index (χ3n) is 4.03. The lowest BCUT2D eigenvalue weighted by Crippen LogP contribution is -2.12. The Labute approximate surface area is 162 Å². The third-order valence-corrected chi connectivity index (χ3v) is 4.03. The number of benzene rings is 2. The predicted octanol–water partition coefficient (Wildman–Crippen LogP) is 5.56. The van der Waals surface area contributed by atoms with Gasteiger partial charge in [0, 0.05) is 6.42 Å². The van der Waals surface area contributed by atoms with Crippen molar-refractivity contribution in [2.75, 3.05) is 6.61 Å². The molecule has 0 saturated carbocycles. The first kappa shape index (κ1) is 21.6. The molecule has 0 aliphatic carbocycles. The van der Waals surface area contributed by atoms with Crippen LogP contribution in [0.15, 0.2) is 36.4 Å². The smallest absolute Gasteiger partial charge is 0.419 e. The highest BCUT2D eigenvalue weighted by molar-refractivity contribution is 5.72. The van der Waals surface area contributed by atoms with Crippen molar-refractivity contribution in [1.29, 1.82) is 0 Å². The summed E-state index contributed by atoms with van der Waals surface area (Å²) in [5.41, 5.74) is 0.0960. The number of alkyl halides is 3. The number of esters is 1. The summed E-state index contributed by atoms with van der Waals surface area (Å²) in [6.45, 7) is 5.31. The molecule has 2 rings (SSSR count). The van der Waals surface area contributed by atoms with E-state index in [2.05, 4.69) is 0 Å². The molecule has 152 valence electrons. The van der Waals surface area contributed by atoms with Crippen molar-refractivity contribution in [2.24, 2.45) is 0 Å². The van der Waals surface area contributed by atoms with Crippen molar-refractivity contribution in [1.82, 2.24) is 0 Å². The number of ether oxygens (including phenoxy) is 3. The maximum Gasteiger partial charge on any atom is 0.419 e. The van der Waals surface area contributed by atoms with Crippen molar-refractivity contribution in [2.45, 2.75) is 46.4 Å². The van der Waals surface area contributed by atoms with Gasteiger partial charge in [-0.2, -0.15) is 13.2 Å². The van der Waals surface area contributed by atoms with Crippen LogP contribution in [-0.4, -0.2) is 12.6 Å². The normalized spacial score (nSPS) is 11.2. The average Bonchev–Trinajstić information content (AvgIpc) is 2.66. The van der Waals surface area contributed by atoms with Crippen LogP contribution in [0.25, 0.3) is 0 Å². The van der Waals surface area contributed by atoms with Crippen LogP contribution in [0, 0.1) is 0 Å². The van der Waals surface area contributed by atoms with E-state index in [0.29, 0.717) is 29.9 Å². The lowest BCUT2D eigenvalue weighted by atomic mass is 10.1. The zero-order chi connectivity index (χ0) is 20.7. The molecule has 0 radical (unpaired) electrons. The molecule has 0 amide bonds. The first-order chi connectivity index (χ1) is 13.3. The second-order valence-electron chi connectivity index (χ2n) is 5.96. The van der Waals surface area contributed by atoms with Crippen LogP contribution in [0.1, 0.15) is 43.9 Å². The first-order valence-electron chi connectivity index (χ1n) is 9.08. The van der Waals surface area contributed by atoms with Crippen molar-refractivity contribution in [3.8, 4) is 17.2 Å². The van der Waals surface area contributed by atoms with Gasteiger partial charge in [-0.05, 0) is 43.2 Å². The van der Waals surface area contributed by atoms with Crippen LogP contribution in [0.4, 0.5) is 13.2 Å². The summed E-state index contributed by atoms with van der Waals surface area (Å²) in [5.74, 6) is -0.152. The van der Waals surface area contributed by atoms with Gasteiger partial charge in [0.05, 0.1) is 17.7 Å². The highest BCUT2D eigenvalue weighted by Crippen LogP contribution is 2.38. The fourth-order valence-electron chi connectivity index (χ4n) is 2.56. The second kappa shape index (κ2) is 9.48. The number of halogens is 3. The Balaban J connectivity index is 2.37. The van der Waals surface area contributed by atoms with E-state index in [1.807, 2.05) is 0 Å². The van der Waals surface area contributed by atoms with Crippen LogP contribution in [0.2, 0.25) is 0 Å². The van der Waals surface area contributed by atoms with E-state index in [-0.39, 0.29) is 24.5 Å². The van der Waals surface area contributed by atoms with Gasteiger partial charge in [-0.3, -0.25) is 4.79 Å². The summed E-state index contributed by atoms with van der Waals surface area (Å²) in [5, 5.41) is 0. The first-order valence-corrected chi connectivity index (χ1v) is 9.08. The summed E-state index contributed by atoms with van der Waals surface area (Å²) >= 11 is 0. The number of hydrogen-bond donors (Lipinski definition) is 0. The second-order valence-corrected chi connectivity index (χ2v) is 5.96. The molecule has 0 bridgehead atoms. The number of aryl methyl sites for hydroxylation is 1. The van der Waals surface area contributed by atoms with Gasteiger partial charge in [-0.1, -0.05) is 26.0 Å². The number of carbonyl (C=O) groups excluding carboxylic acids is 1. The summed E-state index contributed by atoms with van der Waals surface area (Å²) in [6.07, 6.45) is -3.90. The molecule has 0 aliphatic rings. The van der Waals surface area contributed by atoms with Crippen molar-refractivity contribution >= 4 is 5.97 Å². The van der Waals surface area contributed by atoms with Crippen LogP contribution >= 0.6 is 0 Å². The fourth-order valence-corrected chi connectivity index (χ4v) is 2.56. The predicted molar refractivity (Wildman–Crippen MR) is 98.7 cm³/mol. The molecule has 7 heteroatoms. The molecule has 0 aromatic heterocycles. The summed E-state index contributed by atoms with van der Waals surface area (Å²) in [4.78, 5) is 11.7. The molecule has 0 unspecified atom stereocenters. The molecule has 2 aromatic carbocycles. The minimum Gasteiger partial charge on any atom is -0.493 e. The van der Waals surface area contributed by atoms with Gasteiger partial charge in [0.1, 0.15) is 23.9 Å². The molecular formula is C21H23F3O4. The molecule has 28 heavy (non-hydrogen) atoms. The highest BCUT2D eigenvalue weighted by atomic mass is 19.4. The maximum absolute atomic E-state index is 13.4. The van der Waals surface area contributed by atoms with Gasteiger partial charge >= 0.3 is 12.1 Å². The van der Waals surface area contributed by atoms with E-state index < -0.39 is 17.7 Å². The molecule has 0 atom stereocenters. The number of hydrogen-bond acceptors (Lipinski definition) is 4. The summed E-state index contributed by atoms with van der Waals surface area (Å²) < 4.78 is 56.5. The molecule has 4 nitrogen and oxygen atoms in total. The Kier molecular flexibility index (Phi) is 7.31. The van der Waals surface area contributed by atoms with E-state index in [9.17, 15) is 18.0 Å². The SMILES string of the molecule is CCOc1cccc(OC(=O)CC)c1COc1ccc(CC)cc1C(F)(F)F. The molecule has 0 fully saturated rings. The topological polar surface area (TPSA) is 44.8 Å². The van der Waals surface area contributed by atoms with E-state index in [0.717, 1.165) is 6.07 Å². The highest BCUT2D eigenvalue weighted by Gasteiger charge is 2.34. The minimum absolute atomic E-state index is 0.163. The zero-order valence-electron chi connectivity index (χ0n) is 16.1. The minimum atomic E-state index is -4.54. The lowest BCUT2D eigenvalue weighted by Gasteiger charge is -2.18. The Bertz CT molecular complexity index is 816. The van der Waals surface area contributed by atoms with Gasteiger partial charge < -0.3 is 14.2 Å². The van der Waals surface area contributed by atoms with Gasteiger partial charge in [-0.15, -0.1) is 0 Å². The quantitative estimate of drug-likeness (QED) is 0.433. The lowest BCUT2D eigenvalue weighted by molar-refractivity contribution is -0.139. The Hall–Kier alpha value is -2.70. The van der Waals surface area contributed by atoms with Crippen LogP contribution in [0.5, 0.6) is 17.2 Å². The van der Waals surface area contributed by atoms with Crippen molar-refractivity contribution < 1.29 is 32.2 Å². The van der Waals surface area contributed by atoms with E-state index >= 15 is 0 Å². The number of rotatable bonds is 8. The van der Waals surface area contributed by atoms with Crippen molar-refractivity contribution in [3.63, 3.8) is 0 Å². The Morgan fingerprint density at radius 1 is 0.964 bits per heavy atom.